The summed E-state index contributed by atoms with van der Waals surface area (Å²) in [6.07, 6.45) is -4.36. The number of alkyl halides is 3. The molecule has 1 heterocycles. The van der Waals surface area contributed by atoms with Gasteiger partial charge in [0, 0.05) is 17.8 Å². The molecule has 0 saturated heterocycles. The van der Waals surface area contributed by atoms with Crippen molar-refractivity contribution in [3.8, 4) is 0 Å². The number of halogens is 3. The Kier molecular flexibility index (Phi) is 4.65. The summed E-state index contributed by atoms with van der Waals surface area (Å²) in [4.78, 5) is 14.8. The van der Waals surface area contributed by atoms with Crippen LogP contribution in [-0.2, 0) is 17.5 Å². The van der Waals surface area contributed by atoms with E-state index in [0.717, 1.165) is 29.1 Å². The van der Waals surface area contributed by atoms with Gasteiger partial charge in [0.2, 0.25) is 0 Å². The van der Waals surface area contributed by atoms with Gasteiger partial charge in [-0.25, -0.2) is 0 Å². The zero-order chi connectivity index (χ0) is 19.7. The molecular weight excluding hydrogens is 365 g/mol. The fourth-order valence-electron chi connectivity index (χ4n) is 3.39. The number of rotatable bonds is 4. The molecule has 0 aliphatic carbocycles. The number of fused-ring (bicyclic) bond motifs is 1. The molecule has 0 fully saturated rings. The number of carbonyl (C=O) groups excluding carboxylic acids is 1. The summed E-state index contributed by atoms with van der Waals surface area (Å²) in [7, 11) is 0. The summed E-state index contributed by atoms with van der Waals surface area (Å²) in [6.45, 7) is 0.283. The zero-order valence-corrected chi connectivity index (χ0v) is 14.8. The summed E-state index contributed by atoms with van der Waals surface area (Å²) in [5.74, 6) is -0.112. The first-order chi connectivity index (χ1) is 13.4. The molecule has 1 atom stereocenters. The smallest absolute Gasteiger partial charge is 0.298 e. The Hall–Kier alpha value is -3.12. The van der Waals surface area contributed by atoms with E-state index in [1.165, 1.54) is 12.1 Å². The van der Waals surface area contributed by atoms with Crippen LogP contribution >= 0.6 is 0 Å². The lowest BCUT2D eigenvalue weighted by Gasteiger charge is -2.18. The van der Waals surface area contributed by atoms with Crippen molar-refractivity contribution >= 4 is 17.3 Å². The molecule has 0 aromatic heterocycles. The van der Waals surface area contributed by atoms with E-state index >= 15 is 0 Å². The lowest BCUT2D eigenvalue weighted by molar-refractivity contribution is -0.137. The van der Waals surface area contributed by atoms with Crippen LogP contribution in [0.25, 0.3) is 0 Å². The van der Waals surface area contributed by atoms with Crippen molar-refractivity contribution in [3.63, 3.8) is 0 Å². The number of hydrogen-bond acceptors (Lipinski definition) is 2. The van der Waals surface area contributed by atoms with Gasteiger partial charge in [0.1, 0.15) is 6.04 Å². The van der Waals surface area contributed by atoms with Crippen LogP contribution in [0.5, 0.6) is 0 Å². The predicted octanol–water partition coefficient (Wildman–Crippen LogP) is 5.21. The van der Waals surface area contributed by atoms with Gasteiger partial charge in [-0.2, -0.15) is 13.2 Å². The Morgan fingerprint density at radius 2 is 1.50 bits per heavy atom. The molecule has 142 valence electrons. The molecule has 3 aromatic rings. The molecule has 0 spiro atoms. The number of hydrogen-bond donors (Lipinski definition) is 1. The van der Waals surface area contributed by atoms with Crippen molar-refractivity contribution in [2.24, 2.45) is 0 Å². The molecule has 3 aromatic carbocycles. The van der Waals surface area contributed by atoms with Crippen LogP contribution in [0.4, 0.5) is 24.5 Å². The number of amides is 1. The van der Waals surface area contributed by atoms with E-state index in [0.29, 0.717) is 5.56 Å². The lowest BCUT2D eigenvalue weighted by Crippen LogP contribution is -2.31. The van der Waals surface area contributed by atoms with Crippen molar-refractivity contribution in [3.05, 3.63) is 95.6 Å². The van der Waals surface area contributed by atoms with Gasteiger partial charge in [-0.3, -0.25) is 15.0 Å². The first-order valence-corrected chi connectivity index (χ1v) is 8.82. The van der Waals surface area contributed by atoms with E-state index in [1.807, 2.05) is 54.6 Å². The molecular formula is C22H17F3N2O. The van der Waals surface area contributed by atoms with E-state index in [-0.39, 0.29) is 12.5 Å². The number of nitrogens with zero attached hydrogens (tertiary/aromatic N) is 1. The van der Waals surface area contributed by atoms with Gasteiger partial charge in [-0.15, -0.1) is 0 Å². The quantitative estimate of drug-likeness (QED) is 0.671. The molecule has 1 N–H and O–H groups in total. The maximum Gasteiger partial charge on any atom is 0.416 e. The fraction of sp³-hybridized carbons (Fsp3) is 0.136. The molecule has 0 bridgehead atoms. The Bertz CT molecular complexity index is 985. The van der Waals surface area contributed by atoms with Gasteiger partial charge in [-0.1, -0.05) is 48.5 Å². The maximum atomic E-state index is 13.1. The molecule has 0 saturated carbocycles. The highest BCUT2D eigenvalue weighted by molar-refractivity contribution is 6.10. The second-order valence-electron chi connectivity index (χ2n) is 6.58. The minimum atomic E-state index is -4.36. The highest BCUT2D eigenvalue weighted by atomic mass is 19.4. The van der Waals surface area contributed by atoms with Crippen molar-refractivity contribution < 1.29 is 18.0 Å². The van der Waals surface area contributed by atoms with Crippen LogP contribution < -0.4 is 10.2 Å². The van der Waals surface area contributed by atoms with Crippen molar-refractivity contribution in [2.75, 3.05) is 4.90 Å². The van der Waals surface area contributed by atoms with E-state index < -0.39 is 17.8 Å². The minimum absolute atomic E-state index is 0.112. The van der Waals surface area contributed by atoms with Gasteiger partial charge < -0.3 is 0 Å². The Morgan fingerprint density at radius 3 is 2.18 bits per heavy atom. The van der Waals surface area contributed by atoms with Gasteiger partial charge in [0.05, 0.1) is 11.3 Å². The summed E-state index contributed by atoms with van der Waals surface area (Å²) < 4.78 is 38.1. The Morgan fingerprint density at radius 1 is 0.857 bits per heavy atom. The third-order valence-electron chi connectivity index (χ3n) is 4.76. The summed E-state index contributed by atoms with van der Waals surface area (Å²) in [5.41, 5.74) is 2.43. The number of para-hydroxylation sites is 2. The van der Waals surface area contributed by atoms with E-state index in [2.05, 4.69) is 5.32 Å². The normalized spacial score (nSPS) is 16.3. The Balaban J connectivity index is 1.56. The molecule has 0 radical (unpaired) electrons. The van der Waals surface area contributed by atoms with Gasteiger partial charge in [0.25, 0.3) is 5.91 Å². The highest BCUT2D eigenvalue weighted by Gasteiger charge is 2.37. The lowest BCUT2D eigenvalue weighted by atomic mass is 10.1. The third-order valence-corrected chi connectivity index (χ3v) is 4.76. The number of benzene rings is 3. The second-order valence-corrected chi connectivity index (χ2v) is 6.58. The monoisotopic (exact) mass is 382 g/mol. The predicted molar refractivity (Wildman–Crippen MR) is 101 cm³/mol. The molecule has 4 rings (SSSR count). The van der Waals surface area contributed by atoms with Crippen molar-refractivity contribution in [1.82, 2.24) is 5.32 Å². The molecule has 1 aliphatic rings. The van der Waals surface area contributed by atoms with Crippen molar-refractivity contribution in [1.29, 1.82) is 0 Å². The van der Waals surface area contributed by atoms with Gasteiger partial charge >= 0.3 is 6.18 Å². The molecule has 1 aliphatic heterocycles. The fourth-order valence-corrected chi connectivity index (χ4v) is 3.39. The van der Waals surface area contributed by atoms with Crippen molar-refractivity contribution in [2.45, 2.75) is 18.8 Å². The summed E-state index contributed by atoms with van der Waals surface area (Å²) >= 11 is 0. The van der Waals surface area contributed by atoms with E-state index in [4.69, 9.17) is 0 Å². The highest BCUT2D eigenvalue weighted by Crippen LogP contribution is 2.40. The van der Waals surface area contributed by atoms with E-state index in [9.17, 15) is 18.0 Å². The van der Waals surface area contributed by atoms with Crippen LogP contribution in [-0.4, -0.2) is 5.91 Å². The van der Waals surface area contributed by atoms with E-state index in [1.54, 1.807) is 4.90 Å². The van der Waals surface area contributed by atoms with Crippen LogP contribution in [0, 0.1) is 0 Å². The number of carbonyl (C=O) groups is 1. The maximum absolute atomic E-state index is 13.1. The molecule has 1 unspecified atom stereocenters. The molecule has 28 heavy (non-hydrogen) atoms. The first kappa shape index (κ1) is 18.3. The number of anilines is 2. The molecule has 6 heteroatoms. The molecule has 3 nitrogen and oxygen atoms in total. The van der Waals surface area contributed by atoms with Gasteiger partial charge in [-0.05, 0) is 35.9 Å². The average Bonchev–Trinajstić information content (AvgIpc) is 2.98. The van der Waals surface area contributed by atoms with Gasteiger partial charge in [0.15, 0.2) is 0 Å². The topological polar surface area (TPSA) is 32.3 Å². The summed E-state index contributed by atoms with van der Waals surface area (Å²) in [5, 5.41) is 3.19. The number of nitrogens with one attached hydrogen (secondary N) is 1. The summed E-state index contributed by atoms with van der Waals surface area (Å²) in [6, 6.07) is 21.3. The van der Waals surface area contributed by atoms with Crippen LogP contribution in [0.15, 0.2) is 78.9 Å². The van der Waals surface area contributed by atoms with Crippen LogP contribution in [0.1, 0.15) is 22.7 Å². The SMILES string of the molecule is O=C1C(NCc2ccc(C(F)(F)F)cc2)c2ccccc2N1c1ccccc1. The second kappa shape index (κ2) is 7.13. The minimum Gasteiger partial charge on any atom is -0.298 e. The Labute approximate surface area is 160 Å². The first-order valence-electron chi connectivity index (χ1n) is 8.82. The largest absolute Gasteiger partial charge is 0.416 e. The van der Waals surface area contributed by atoms with Crippen LogP contribution in [0.3, 0.4) is 0 Å². The standard InChI is InChI=1S/C22H17F3N2O/c23-22(24,25)16-12-10-15(11-13-16)14-26-20-18-8-4-5-9-19(18)27(21(20)28)17-6-2-1-3-7-17/h1-13,20,26H,14H2. The molecule has 1 amide bonds. The van der Waals surface area contributed by atoms with Crippen LogP contribution in [0.2, 0.25) is 0 Å². The average molecular weight is 382 g/mol. The zero-order valence-electron chi connectivity index (χ0n) is 14.8. The third kappa shape index (κ3) is 3.39.